The first kappa shape index (κ1) is 14.7. The zero-order valence-corrected chi connectivity index (χ0v) is 13.4. The summed E-state index contributed by atoms with van der Waals surface area (Å²) >= 11 is 2.95. The zero-order chi connectivity index (χ0) is 15.4. The maximum Gasteiger partial charge on any atom is 0.261 e. The summed E-state index contributed by atoms with van der Waals surface area (Å²) in [6, 6.07) is 7.14. The maximum atomic E-state index is 12.4. The second-order valence-corrected chi connectivity index (χ2v) is 6.45. The molecule has 0 atom stereocenters. The van der Waals surface area contributed by atoms with Crippen molar-refractivity contribution in [1.29, 1.82) is 0 Å². The molecule has 2 heterocycles. The van der Waals surface area contributed by atoms with Crippen molar-refractivity contribution < 1.29 is 9.53 Å². The number of aryl methyl sites for hydroxylation is 1. The van der Waals surface area contributed by atoms with Crippen molar-refractivity contribution in [3.05, 3.63) is 57.5 Å². The summed E-state index contributed by atoms with van der Waals surface area (Å²) in [7, 11) is 0. The summed E-state index contributed by atoms with van der Waals surface area (Å²) in [5, 5.41) is 5.29. The Balaban J connectivity index is 1.73. The molecular weight excluding hydrogens is 318 g/mol. The van der Waals surface area contributed by atoms with E-state index in [1.807, 2.05) is 18.4 Å². The van der Waals surface area contributed by atoms with Gasteiger partial charge in [0.15, 0.2) is 5.13 Å². The summed E-state index contributed by atoms with van der Waals surface area (Å²) in [6.07, 6.45) is 1.73. The van der Waals surface area contributed by atoms with Gasteiger partial charge in [-0.15, -0.1) is 22.7 Å². The molecule has 0 saturated carbocycles. The molecule has 2 aromatic heterocycles. The van der Waals surface area contributed by atoms with Gasteiger partial charge in [-0.05, 0) is 19.1 Å². The topological polar surface area (TPSA) is 64.1 Å². The monoisotopic (exact) mass is 331 g/mol. The molecule has 1 N–H and O–H groups in total. The summed E-state index contributed by atoms with van der Waals surface area (Å²) in [5.41, 5.74) is 3.07. The van der Waals surface area contributed by atoms with E-state index in [1.54, 1.807) is 29.9 Å². The molecule has 0 unspecified atom stereocenters. The third-order valence-electron chi connectivity index (χ3n) is 2.83. The highest BCUT2D eigenvalue weighted by Gasteiger charge is 2.14. The molecule has 7 heteroatoms. The van der Waals surface area contributed by atoms with E-state index in [1.165, 1.54) is 22.7 Å². The van der Waals surface area contributed by atoms with Gasteiger partial charge in [-0.2, -0.15) is 0 Å². The van der Waals surface area contributed by atoms with Crippen molar-refractivity contribution in [2.24, 2.45) is 0 Å². The minimum absolute atomic E-state index is 0.233. The van der Waals surface area contributed by atoms with Crippen molar-refractivity contribution in [1.82, 2.24) is 9.97 Å². The number of benzene rings is 1. The highest BCUT2D eigenvalue weighted by molar-refractivity contribution is 7.15. The number of nitrogens with one attached hydrogen (secondary N) is 1. The Morgan fingerprint density at radius 1 is 1.32 bits per heavy atom. The molecule has 0 aliphatic rings. The number of hydrogen-bond donors (Lipinski definition) is 1. The van der Waals surface area contributed by atoms with Crippen molar-refractivity contribution >= 4 is 33.7 Å². The largest absolute Gasteiger partial charge is 0.486 e. The fraction of sp³-hybridized carbons (Fsp3) is 0.133. The van der Waals surface area contributed by atoms with Crippen LogP contribution >= 0.6 is 22.7 Å². The standard InChI is InChI=1S/C15H13N3O2S2/c1-10-6-16-15(22-10)18-14(19)12-4-2-3-5-13(12)20-7-11-8-21-9-17-11/h2-6,8-9H,7H2,1H3,(H,16,18,19). The van der Waals surface area contributed by atoms with Crippen LogP contribution in [0.15, 0.2) is 41.4 Å². The minimum atomic E-state index is -0.233. The lowest BCUT2D eigenvalue weighted by Crippen LogP contribution is -2.13. The fourth-order valence-electron chi connectivity index (χ4n) is 1.82. The summed E-state index contributed by atoms with van der Waals surface area (Å²) in [5.74, 6) is 0.296. The van der Waals surface area contributed by atoms with Crippen LogP contribution in [-0.2, 0) is 6.61 Å². The molecule has 0 radical (unpaired) electrons. The van der Waals surface area contributed by atoms with Crippen molar-refractivity contribution in [2.75, 3.05) is 5.32 Å². The van der Waals surface area contributed by atoms with Gasteiger partial charge in [-0.1, -0.05) is 12.1 Å². The van der Waals surface area contributed by atoms with E-state index in [4.69, 9.17) is 4.74 Å². The molecule has 112 valence electrons. The number of para-hydroxylation sites is 1. The van der Waals surface area contributed by atoms with Crippen LogP contribution in [0.5, 0.6) is 5.75 Å². The van der Waals surface area contributed by atoms with E-state index in [0.29, 0.717) is 23.1 Å². The molecule has 3 aromatic rings. The number of carbonyl (C=O) groups is 1. The van der Waals surface area contributed by atoms with Gasteiger partial charge >= 0.3 is 0 Å². The number of ether oxygens (including phenoxy) is 1. The lowest BCUT2D eigenvalue weighted by atomic mass is 10.2. The average molecular weight is 331 g/mol. The van der Waals surface area contributed by atoms with Gasteiger partial charge in [0.2, 0.25) is 0 Å². The number of aromatic nitrogens is 2. The molecule has 5 nitrogen and oxygen atoms in total. The molecule has 0 aliphatic heterocycles. The predicted octanol–water partition coefficient (Wildman–Crippen LogP) is 3.74. The first-order valence-corrected chi connectivity index (χ1v) is 8.31. The van der Waals surface area contributed by atoms with E-state index >= 15 is 0 Å². The fourth-order valence-corrected chi connectivity index (χ4v) is 3.02. The number of amides is 1. The Morgan fingerprint density at radius 3 is 2.91 bits per heavy atom. The molecule has 0 aliphatic carbocycles. The van der Waals surface area contributed by atoms with Crippen LogP contribution in [0.3, 0.4) is 0 Å². The molecule has 0 bridgehead atoms. The van der Waals surface area contributed by atoms with Gasteiger partial charge in [0.05, 0.1) is 16.8 Å². The summed E-state index contributed by atoms with van der Waals surface area (Å²) in [6.45, 7) is 2.28. The quantitative estimate of drug-likeness (QED) is 0.773. The molecular formula is C15H13N3O2S2. The molecule has 22 heavy (non-hydrogen) atoms. The van der Waals surface area contributed by atoms with Crippen LogP contribution in [0.2, 0.25) is 0 Å². The number of rotatable bonds is 5. The third-order valence-corrected chi connectivity index (χ3v) is 4.30. The second kappa shape index (κ2) is 6.67. The van der Waals surface area contributed by atoms with Gasteiger partial charge < -0.3 is 4.74 Å². The van der Waals surface area contributed by atoms with E-state index in [9.17, 15) is 4.79 Å². The van der Waals surface area contributed by atoms with Crippen LogP contribution in [0, 0.1) is 6.92 Å². The highest BCUT2D eigenvalue weighted by atomic mass is 32.1. The number of thiazole rings is 2. The maximum absolute atomic E-state index is 12.4. The SMILES string of the molecule is Cc1cnc(NC(=O)c2ccccc2OCc2cscn2)s1. The number of hydrogen-bond acceptors (Lipinski definition) is 6. The lowest BCUT2D eigenvalue weighted by molar-refractivity contribution is 0.102. The van der Waals surface area contributed by atoms with Crippen LogP contribution < -0.4 is 10.1 Å². The number of anilines is 1. The van der Waals surface area contributed by atoms with Crippen LogP contribution in [0.4, 0.5) is 5.13 Å². The third kappa shape index (κ3) is 3.49. The predicted molar refractivity (Wildman–Crippen MR) is 87.7 cm³/mol. The lowest BCUT2D eigenvalue weighted by Gasteiger charge is -2.09. The Kier molecular flexibility index (Phi) is 4.45. The average Bonchev–Trinajstić information content (AvgIpc) is 3.17. The molecule has 0 spiro atoms. The normalized spacial score (nSPS) is 10.4. The van der Waals surface area contributed by atoms with Gasteiger partial charge in [-0.25, -0.2) is 9.97 Å². The zero-order valence-electron chi connectivity index (χ0n) is 11.8. The van der Waals surface area contributed by atoms with Crippen LogP contribution in [0.25, 0.3) is 0 Å². The van der Waals surface area contributed by atoms with Crippen LogP contribution in [0.1, 0.15) is 20.9 Å². The molecule has 3 rings (SSSR count). The number of nitrogens with zero attached hydrogens (tertiary/aromatic N) is 2. The van der Waals surface area contributed by atoms with E-state index in [2.05, 4.69) is 15.3 Å². The van der Waals surface area contributed by atoms with E-state index in [-0.39, 0.29) is 5.91 Å². The van der Waals surface area contributed by atoms with Crippen molar-refractivity contribution in [3.8, 4) is 5.75 Å². The minimum Gasteiger partial charge on any atom is -0.486 e. The van der Waals surface area contributed by atoms with Crippen LogP contribution in [-0.4, -0.2) is 15.9 Å². The van der Waals surface area contributed by atoms with E-state index < -0.39 is 0 Å². The van der Waals surface area contributed by atoms with Gasteiger partial charge in [0.1, 0.15) is 12.4 Å². The Hall–Kier alpha value is -2.25. The molecule has 1 aromatic carbocycles. The molecule has 1 amide bonds. The molecule has 0 fully saturated rings. The highest BCUT2D eigenvalue weighted by Crippen LogP contribution is 2.22. The van der Waals surface area contributed by atoms with Gasteiger partial charge in [0.25, 0.3) is 5.91 Å². The summed E-state index contributed by atoms with van der Waals surface area (Å²) < 4.78 is 5.71. The Labute approximate surface area is 135 Å². The van der Waals surface area contributed by atoms with Gasteiger partial charge in [-0.3, -0.25) is 10.1 Å². The Bertz CT molecular complexity index is 769. The smallest absolute Gasteiger partial charge is 0.261 e. The van der Waals surface area contributed by atoms with Gasteiger partial charge in [0, 0.05) is 16.5 Å². The van der Waals surface area contributed by atoms with Crippen molar-refractivity contribution in [3.63, 3.8) is 0 Å². The molecule has 0 saturated heterocycles. The number of carbonyl (C=O) groups excluding carboxylic acids is 1. The second-order valence-electron chi connectivity index (χ2n) is 4.49. The first-order valence-electron chi connectivity index (χ1n) is 6.55. The van der Waals surface area contributed by atoms with Crippen molar-refractivity contribution in [2.45, 2.75) is 13.5 Å². The Morgan fingerprint density at radius 2 is 2.18 bits per heavy atom. The summed E-state index contributed by atoms with van der Waals surface area (Å²) in [4.78, 5) is 21.7. The first-order chi connectivity index (χ1) is 10.7. The van der Waals surface area contributed by atoms with E-state index in [0.717, 1.165) is 10.6 Å².